The first kappa shape index (κ1) is 19.7. The van der Waals surface area contributed by atoms with Crippen molar-refractivity contribution in [2.75, 3.05) is 25.1 Å². The number of aromatic nitrogens is 2. The van der Waals surface area contributed by atoms with Gasteiger partial charge < -0.3 is 19.5 Å². The maximum Gasteiger partial charge on any atom is 0.324 e. The molecule has 2 aromatic rings. The minimum atomic E-state index is 0.0819. The summed E-state index contributed by atoms with van der Waals surface area (Å²) in [6.45, 7) is 1.51. The number of hydrogen-bond donors (Lipinski definition) is 1. The van der Waals surface area contributed by atoms with Gasteiger partial charge in [0.25, 0.3) is 0 Å². The molecule has 1 amide bonds. The van der Waals surface area contributed by atoms with Crippen molar-refractivity contribution >= 4 is 11.9 Å². The molecule has 0 unspecified atom stereocenters. The fourth-order valence-corrected chi connectivity index (χ4v) is 4.28. The van der Waals surface area contributed by atoms with Crippen LogP contribution in [0.25, 0.3) is 11.4 Å². The summed E-state index contributed by atoms with van der Waals surface area (Å²) in [4.78, 5) is 19.3. The van der Waals surface area contributed by atoms with Crippen LogP contribution in [0.3, 0.4) is 0 Å². The number of methoxy groups -OCH3 is 1. The Bertz CT molecular complexity index is 789. The highest BCUT2D eigenvalue weighted by atomic mass is 16.5. The largest absolute Gasteiger partial charge is 0.497 e. The van der Waals surface area contributed by atoms with E-state index in [1.165, 1.54) is 25.7 Å². The van der Waals surface area contributed by atoms with Gasteiger partial charge in [0.2, 0.25) is 11.7 Å². The lowest BCUT2D eigenvalue weighted by molar-refractivity contribution is -0.126. The maximum absolute atomic E-state index is 12.7. The van der Waals surface area contributed by atoms with E-state index in [4.69, 9.17) is 9.26 Å². The molecule has 0 atom stereocenters. The molecule has 1 N–H and O–H groups in total. The number of piperidine rings is 1. The number of nitrogens with one attached hydrogen (secondary N) is 1. The molecule has 1 aromatic carbocycles. The third kappa shape index (κ3) is 4.89. The van der Waals surface area contributed by atoms with Gasteiger partial charge in [-0.15, -0.1) is 0 Å². The van der Waals surface area contributed by atoms with Crippen LogP contribution >= 0.6 is 0 Å². The summed E-state index contributed by atoms with van der Waals surface area (Å²) in [5, 5.41) is 7.41. The van der Waals surface area contributed by atoms with Crippen LogP contribution in [0.1, 0.15) is 51.4 Å². The van der Waals surface area contributed by atoms with Crippen LogP contribution in [-0.4, -0.2) is 42.3 Å². The number of amides is 1. The molecule has 7 heteroatoms. The van der Waals surface area contributed by atoms with Crippen molar-refractivity contribution in [1.82, 2.24) is 15.5 Å². The first-order chi connectivity index (χ1) is 14.2. The van der Waals surface area contributed by atoms with E-state index in [0.717, 1.165) is 50.1 Å². The van der Waals surface area contributed by atoms with E-state index in [0.29, 0.717) is 17.9 Å². The lowest BCUT2D eigenvalue weighted by Crippen LogP contribution is -2.43. The number of rotatable bonds is 5. The molecule has 1 aliphatic carbocycles. The number of ether oxygens (including phenoxy) is 1. The van der Waals surface area contributed by atoms with Gasteiger partial charge in [0.1, 0.15) is 5.75 Å². The molecule has 0 bridgehead atoms. The molecule has 2 aliphatic rings. The Morgan fingerprint density at radius 3 is 2.41 bits per heavy atom. The van der Waals surface area contributed by atoms with Crippen molar-refractivity contribution in [1.29, 1.82) is 0 Å². The molecular formula is C22H30N4O3. The Balaban J connectivity index is 1.30. The van der Waals surface area contributed by atoms with Crippen molar-refractivity contribution in [2.24, 2.45) is 5.92 Å². The summed E-state index contributed by atoms with van der Waals surface area (Å²) in [5.74, 6) is 1.66. The highest BCUT2D eigenvalue weighted by Gasteiger charge is 2.28. The van der Waals surface area contributed by atoms with E-state index in [9.17, 15) is 4.79 Å². The standard InChI is InChI=1S/C22H30N4O3/c1-28-19-10-8-16(9-11-19)20-24-22(29-25-20)26-14-12-17(13-15-26)21(27)23-18-6-4-2-3-5-7-18/h8-11,17-18H,2-7,12-15H2,1H3,(H,23,27). The molecular weight excluding hydrogens is 368 g/mol. The third-order valence-electron chi connectivity index (χ3n) is 6.10. The van der Waals surface area contributed by atoms with Crippen molar-refractivity contribution in [3.05, 3.63) is 24.3 Å². The lowest BCUT2D eigenvalue weighted by atomic mass is 9.95. The summed E-state index contributed by atoms with van der Waals surface area (Å²) >= 11 is 0. The minimum absolute atomic E-state index is 0.0819. The summed E-state index contributed by atoms with van der Waals surface area (Å²) in [7, 11) is 1.64. The van der Waals surface area contributed by atoms with Crippen molar-refractivity contribution < 1.29 is 14.1 Å². The Morgan fingerprint density at radius 2 is 1.76 bits per heavy atom. The van der Waals surface area contributed by atoms with E-state index in [2.05, 4.69) is 20.4 Å². The molecule has 1 aliphatic heterocycles. The van der Waals surface area contributed by atoms with Crippen LogP contribution in [0.15, 0.2) is 28.8 Å². The number of benzene rings is 1. The molecule has 1 saturated heterocycles. The van der Waals surface area contributed by atoms with E-state index in [-0.39, 0.29) is 11.8 Å². The average Bonchev–Trinajstić information content (AvgIpc) is 3.12. The zero-order valence-electron chi connectivity index (χ0n) is 17.1. The normalized spacial score (nSPS) is 19.0. The highest BCUT2D eigenvalue weighted by Crippen LogP contribution is 2.26. The number of carbonyl (C=O) groups is 1. The molecule has 1 saturated carbocycles. The molecule has 7 nitrogen and oxygen atoms in total. The van der Waals surface area contributed by atoms with Crippen molar-refractivity contribution in [3.63, 3.8) is 0 Å². The molecule has 156 valence electrons. The molecule has 2 heterocycles. The summed E-state index contributed by atoms with van der Waals surface area (Å²) in [6, 6.07) is 8.48. The van der Waals surface area contributed by atoms with Crippen LogP contribution < -0.4 is 15.0 Å². The first-order valence-electron chi connectivity index (χ1n) is 10.8. The topological polar surface area (TPSA) is 80.5 Å². The van der Waals surface area contributed by atoms with Gasteiger partial charge >= 0.3 is 6.01 Å². The number of carbonyl (C=O) groups excluding carboxylic acids is 1. The summed E-state index contributed by atoms with van der Waals surface area (Å²) in [6.07, 6.45) is 8.95. The Morgan fingerprint density at radius 1 is 1.07 bits per heavy atom. The van der Waals surface area contributed by atoms with E-state index < -0.39 is 0 Å². The fourth-order valence-electron chi connectivity index (χ4n) is 4.28. The van der Waals surface area contributed by atoms with Gasteiger partial charge in [0.05, 0.1) is 7.11 Å². The Kier molecular flexibility index (Phi) is 6.32. The smallest absolute Gasteiger partial charge is 0.324 e. The zero-order chi connectivity index (χ0) is 20.1. The third-order valence-corrected chi connectivity index (χ3v) is 6.10. The second-order valence-corrected chi connectivity index (χ2v) is 8.09. The number of anilines is 1. The van der Waals surface area contributed by atoms with E-state index in [1.807, 2.05) is 24.3 Å². The van der Waals surface area contributed by atoms with Gasteiger partial charge in [-0.25, -0.2) is 0 Å². The predicted octanol–water partition coefficient (Wildman–Crippen LogP) is 3.80. The van der Waals surface area contributed by atoms with Crippen LogP contribution in [0.2, 0.25) is 0 Å². The molecule has 2 fully saturated rings. The van der Waals surface area contributed by atoms with Gasteiger partial charge in [-0.1, -0.05) is 30.8 Å². The Labute approximate surface area is 171 Å². The van der Waals surface area contributed by atoms with Gasteiger partial charge in [-0.2, -0.15) is 4.98 Å². The molecule has 4 rings (SSSR count). The van der Waals surface area contributed by atoms with Crippen LogP contribution in [0, 0.1) is 5.92 Å². The van der Waals surface area contributed by atoms with Crippen molar-refractivity contribution in [2.45, 2.75) is 57.4 Å². The second kappa shape index (κ2) is 9.29. The van der Waals surface area contributed by atoms with Gasteiger partial charge in [-0.3, -0.25) is 4.79 Å². The Hall–Kier alpha value is -2.57. The summed E-state index contributed by atoms with van der Waals surface area (Å²) in [5.41, 5.74) is 0.887. The van der Waals surface area contributed by atoms with Gasteiger partial charge in [0.15, 0.2) is 0 Å². The number of hydrogen-bond acceptors (Lipinski definition) is 6. The summed E-state index contributed by atoms with van der Waals surface area (Å²) < 4.78 is 10.7. The lowest BCUT2D eigenvalue weighted by Gasteiger charge is -2.30. The fraction of sp³-hybridized carbons (Fsp3) is 0.591. The predicted molar refractivity (Wildman–Crippen MR) is 111 cm³/mol. The quantitative estimate of drug-likeness (QED) is 0.772. The minimum Gasteiger partial charge on any atom is -0.497 e. The van der Waals surface area contributed by atoms with Crippen LogP contribution in [-0.2, 0) is 4.79 Å². The maximum atomic E-state index is 12.7. The number of nitrogens with zero attached hydrogens (tertiary/aromatic N) is 3. The molecule has 29 heavy (non-hydrogen) atoms. The van der Waals surface area contributed by atoms with E-state index in [1.54, 1.807) is 7.11 Å². The van der Waals surface area contributed by atoms with Crippen molar-refractivity contribution in [3.8, 4) is 17.1 Å². The zero-order valence-corrected chi connectivity index (χ0v) is 17.1. The first-order valence-corrected chi connectivity index (χ1v) is 10.8. The average molecular weight is 399 g/mol. The molecule has 1 aromatic heterocycles. The molecule has 0 spiro atoms. The van der Waals surface area contributed by atoms with Gasteiger partial charge in [0, 0.05) is 30.6 Å². The monoisotopic (exact) mass is 398 g/mol. The van der Waals surface area contributed by atoms with Crippen LogP contribution in [0.5, 0.6) is 5.75 Å². The van der Waals surface area contributed by atoms with Crippen LogP contribution in [0.4, 0.5) is 6.01 Å². The SMILES string of the molecule is COc1ccc(-c2noc(N3CCC(C(=O)NC4CCCCCC4)CC3)n2)cc1. The second-order valence-electron chi connectivity index (χ2n) is 8.09. The highest BCUT2D eigenvalue weighted by molar-refractivity contribution is 5.79. The van der Waals surface area contributed by atoms with Gasteiger partial charge in [-0.05, 0) is 49.9 Å². The van der Waals surface area contributed by atoms with E-state index >= 15 is 0 Å². The molecule has 0 radical (unpaired) electrons.